The van der Waals surface area contributed by atoms with E-state index in [1.165, 1.54) is 54.5 Å². The van der Waals surface area contributed by atoms with Crippen LogP contribution in [0.1, 0.15) is 60.0 Å². The first-order valence-corrected chi connectivity index (χ1v) is 13.3. The highest BCUT2D eigenvalue weighted by Crippen LogP contribution is 2.60. The van der Waals surface area contributed by atoms with Crippen LogP contribution in [0.5, 0.6) is 0 Å². The van der Waals surface area contributed by atoms with Crippen molar-refractivity contribution in [1.29, 1.82) is 0 Å². The van der Waals surface area contributed by atoms with Gasteiger partial charge in [-0.2, -0.15) is 0 Å². The molecule has 7 rings (SSSR count). The summed E-state index contributed by atoms with van der Waals surface area (Å²) in [5.74, 6) is 3.71. The Labute approximate surface area is 201 Å². The van der Waals surface area contributed by atoms with Gasteiger partial charge in [-0.15, -0.1) is 11.8 Å². The van der Waals surface area contributed by atoms with Crippen molar-refractivity contribution < 1.29 is 4.79 Å². The van der Waals surface area contributed by atoms with E-state index in [0.717, 1.165) is 29.2 Å². The molecule has 4 bridgehead atoms. The minimum Gasteiger partial charge on any atom is -0.322 e. The van der Waals surface area contributed by atoms with Crippen molar-refractivity contribution in [3.8, 4) is 0 Å². The first kappa shape index (κ1) is 21.0. The minimum atomic E-state index is -0.0418. The van der Waals surface area contributed by atoms with Crippen molar-refractivity contribution in [3.05, 3.63) is 95.6 Å². The SMILES string of the molecule is O=C(Nc1ccc(C23CC4CC(CC(C4)C2)C3)cc1)c1ccc(CSc2ccccc2)cc1. The van der Waals surface area contributed by atoms with Gasteiger partial charge < -0.3 is 5.32 Å². The molecular weight excluding hydrogens is 422 g/mol. The Hall–Kier alpha value is -2.52. The van der Waals surface area contributed by atoms with Crippen LogP contribution < -0.4 is 5.32 Å². The zero-order valence-electron chi connectivity index (χ0n) is 19.0. The summed E-state index contributed by atoms with van der Waals surface area (Å²) in [4.78, 5) is 14.1. The Morgan fingerprint density at radius 2 is 1.39 bits per heavy atom. The van der Waals surface area contributed by atoms with Crippen LogP contribution >= 0.6 is 11.8 Å². The maximum Gasteiger partial charge on any atom is 0.255 e. The normalized spacial score (nSPS) is 27.5. The van der Waals surface area contributed by atoms with Crippen molar-refractivity contribution in [2.75, 3.05) is 5.32 Å². The largest absolute Gasteiger partial charge is 0.322 e. The average Bonchev–Trinajstić information content (AvgIpc) is 2.83. The van der Waals surface area contributed by atoms with Crippen LogP contribution in [-0.2, 0) is 11.2 Å². The fourth-order valence-corrected chi connectivity index (χ4v) is 7.89. The predicted molar refractivity (Wildman–Crippen MR) is 137 cm³/mol. The van der Waals surface area contributed by atoms with Crippen LogP contribution in [0.2, 0.25) is 0 Å². The van der Waals surface area contributed by atoms with E-state index < -0.39 is 0 Å². The summed E-state index contributed by atoms with van der Waals surface area (Å²) in [5, 5.41) is 3.09. The third-order valence-corrected chi connectivity index (χ3v) is 9.24. The quantitative estimate of drug-likeness (QED) is 0.387. The van der Waals surface area contributed by atoms with Crippen LogP contribution in [0, 0.1) is 17.8 Å². The number of nitrogens with one attached hydrogen (secondary N) is 1. The zero-order chi connectivity index (χ0) is 22.3. The van der Waals surface area contributed by atoms with E-state index in [0.29, 0.717) is 11.0 Å². The molecule has 0 saturated heterocycles. The Bertz CT molecular complexity index is 1080. The molecule has 4 saturated carbocycles. The smallest absolute Gasteiger partial charge is 0.255 e. The molecule has 0 atom stereocenters. The van der Waals surface area contributed by atoms with E-state index in [2.05, 4.69) is 66.0 Å². The van der Waals surface area contributed by atoms with Gasteiger partial charge in [0.25, 0.3) is 5.91 Å². The molecule has 0 heterocycles. The molecule has 4 aliphatic rings. The number of anilines is 1. The van der Waals surface area contributed by atoms with Crippen molar-refractivity contribution in [3.63, 3.8) is 0 Å². The lowest BCUT2D eigenvalue weighted by Crippen LogP contribution is -2.48. The third-order valence-electron chi connectivity index (χ3n) is 8.16. The molecule has 1 N–H and O–H groups in total. The van der Waals surface area contributed by atoms with Gasteiger partial charge in [0, 0.05) is 21.9 Å². The number of carbonyl (C=O) groups excluding carboxylic acids is 1. The number of hydrogen-bond donors (Lipinski definition) is 1. The number of rotatable bonds is 6. The van der Waals surface area contributed by atoms with Gasteiger partial charge in [-0.1, -0.05) is 42.5 Å². The fraction of sp³-hybridized carbons (Fsp3) is 0.367. The summed E-state index contributed by atoms with van der Waals surface area (Å²) < 4.78 is 0. The number of thioether (sulfide) groups is 1. The maximum absolute atomic E-state index is 12.8. The van der Waals surface area contributed by atoms with E-state index in [4.69, 9.17) is 0 Å². The third kappa shape index (κ3) is 4.36. The van der Waals surface area contributed by atoms with Gasteiger partial charge in [0.2, 0.25) is 0 Å². The van der Waals surface area contributed by atoms with Crippen LogP contribution in [0.4, 0.5) is 5.69 Å². The number of amides is 1. The van der Waals surface area contributed by atoms with E-state index in [9.17, 15) is 4.79 Å². The van der Waals surface area contributed by atoms with E-state index >= 15 is 0 Å². The molecule has 1 amide bonds. The molecule has 3 heteroatoms. The van der Waals surface area contributed by atoms with E-state index in [1.54, 1.807) is 0 Å². The Morgan fingerprint density at radius 1 is 0.788 bits per heavy atom. The lowest BCUT2D eigenvalue weighted by Gasteiger charge is -2.57. The van der Waals surface area contributed by atoms with Crippen LogP contribution in [0.3, 0.4) is 0 Å². The van der Waals surface area contributed by atoms with Gasteiger partial charge in [-0.25, -0.2) is 0 Å². The lowest BCUT2D eigenvalue weighted by atomic mass is 9.48. The van der Waals surface area contributed by atoms with Gasteiger partial charge in [0.15, 0.2) is 0 Å². The first-order chi connectivity index (χ1) is 16.1. The molecule has 3 aromatic rings. The summed E-state index contributed by atoms with van der Waals surface area (Å²) >= 11 is 1.81. The molecule has 33 heavy (non-hydrogen) atoms. The highest BCUT2D eigenvalue weighted by molar-refractivity contribution is 7.98. The second-order valence-corrected chi connectivity index (χ2v) is 11.6. The van der Waals surface area contributed by atoms with Crippen LogP contribution in [0.25, 0.3) is 0 Å². The van der Waals surface area contributed by atoms with Crippen molar-refractivity contribution in [1.82, 2.24) is 0 Å². The van der Waals surface area contributed by atoms with Gasteiger partial charge in [-0.05, 0) is 109 Å². The molecule has 4 fully saturated rings. The molecule has 0 spiro atoms. The van der Waals surface area contributed by atoms with Crippen molar-refractivity contribution in [2.24, 2.45) is 17.8 Å². The number of hydrogen-bond acceptors (Lipinski definition) is 2. The Kier molecular flexibility index (Phi) is 5.54. The molecule has 168 valence electrons. The molecule has 0 aromatic heterocycles. The Balaban J connectivity index is 1.08. The lowest BCUT2D eigenvalue weighted by molar-refractivity contribution is -0.00518. The Morgan fingerprint density at radius 3 is 2.00 bits per heavy atom. The van der Waals surface area contributed by atoms with Gasteiger partial charge >= 0.3 is 0 Å². The summed E-state index contributed by atoms with van der Waals surface area (Å²) in [5.41, 5.74) is 4.72. The van der Waals surface area contributed by atoms with Gasteiger partial charge in [0.05, 0.1) is 0 Å². The highest BCUT2D eigenvalue weighted by atomic mass is 32.2. The second kappa shape index (κ2) is 8.68. The number of benzene rings is 3. The zero-order valence-corrected chi connectivity index (χ0v) is 19.8. The maximum atomic E-state index is 12.8. The summed E-state index contributed by atoms with van der Waals surface area (Å²) in [7, 11) is 0. The monoisotopic (exact) mass is 453 g/mol. The van der Waals surface area contributed by atoms with Crippen molar-refractivity contribution >= 4 is 23.4 Å². The molecule has 2 nitrogen and oxygen atoms in total. The number of carbonyl (C=O) groups is 1. The van der Waals surface area contributed by atoms with E-state index in [1.807, 2.05) is 30.0 Å². The fourth-order valence-electron chi connectivity index (χ4n) is 7.01. The molecule has 0 unspecified atom stereocenters. The molecular formula is C30H31NOS. The summed E-state index contributed by atoms with van der Waals surface area (Å²) in [6.45, 7) is 0. The van der Waals surface area contributed by atoms with Crippen LogP contribution in [-0.4, -0.2) is 5.91 Å². The first-order valence-electron chi connectivity index (χ1n) is 12.3. The molecule has 3 aromatic carbocycles. The molecule has 4 aliphatic carbocycles. The van der Waals surface area contributed by atoms with Gasteiger partial charge in [-0.3, -0.25) is 4.79 Å². The van der Waals surface area contributed by atoms with E-state index in [-0.39, 0.29) is 5.91 Å². The van der Waals surface area contributed by atoms with Gasteiger partial charge in [0.1, 0.15) is 0 Å². The predicted octanol–water partition coefficient (Wildman–Crippen LogP) is 7.70. The summed E-state index contributed by atoms with van der Waals surface area (Å²) in [6, 6.07) is 27.2. The van der Waals surface area contributed by atoms with Crippen molar-refractivity contribution in [2.45, 2.75) is 54.6 Å². The molecule has 0 radical (unpaired) electrons. The second-order valence-electron chi connectivity index (χ2n) is 10.5. The molecule has 0 aliphatic heterocycles. The minimum absolute atomic E-state index is 0.0418. The average molecular weight is 454 g/mol. The standard InChI is InChI=1S/C30H31NOS/c32-29(25-8-6-21(7-9-25)20-33-28-4-2-1-3-5-28)31-27-12-10-26(11-13-27)30-17-22-14-23(18-30)16-24(15-22)19-30/h1-13,22-24H,14-20H2,(H,31,32). The highest BCUT2D eigenvalue weighted by Gasteiger charge is 2.51. The summed E-state index contributed by atoms with van der Waals surface area (Å²) in [6.07, 6.45) is 8.53. The topological polar surface area (TPSA) is 29.1 Å². The van der Waals surface area contributed by atoms with Crippen LogP contribution in [0.15, 0.2) is 83.8 Å².